The molecule has 0 aliphatic carbocycles. The van der Waals surface area contributed by atoms with Crippen LogP contribution in [0.5, 0.6) is 11.5 Å². The molecule has 17 heavy (non-hydrogen) atoms. The standard InChI is InChI=1S/C13H21NO3/c1-13(2,3)9-6-12(17-4)8(5-11(9)16)10(14)7-15/h5-6,10,15-16H,7,14H2,1-4H3. The molecule has 0 saturated carbocycles. The zero-order chi connectivity index (χ0) is 13.2. The number of rotatable bonds is 3. The Labute approximate surface area is 102 Å². The van der Waals surface area contributed by atoms with E-state index in [0.29, 0.717) is 11.3 Å². The summed E-state index contributed by atoms with van der Waals surface area (Å²) in [5.41, 5.74) is 6.98. The number of aliphatic hydroxyl groups is 1. The second kappa shape index (κ2) is 4.94. The van der Waals surface area contributed by atoms with E-state index in [-0.39, 0.29) is 17.8 Å². The topological polar surface area (TPSA) is 75.7 Å². The molecule has 0 aliphatic heterocycles. The second-order valence-electron chi connectivity index (χ2n) is 5.15. The molecule has 1 aromatic carbocycles. The number of nitrogens with two attached hydrogens (primary N) is 1. The van der Waals surface area contributed by atoms with Gasteiger partial charge in [-0.05, 0) is 17.5 Å². The van der Waals surface area contributed by atoms with Crippen LogP contribution in [0.3, 0.4) is 0 Å². The molecule has 4 N–H and O–H groups in total. The van der Waals surface area contributed by atoms with Crippen LogP contribution in [-0.4, -0.2) is 23.9 Å². The van der Waals surface area contributed by atoms with Gasteiger partial charge in [0.1, 0.15) is 11.5 Å². The first-order valence-electron chi connectivity index (χ1n) is 5.59. The minimum Gasteiger partial charge on any atom is -0.508 e. The zero-order valence-electron chi connectivity index (χ0n) is 10.8. The molecule has 0 aliphatic rings. The maximum atomic E-state index is 10.00. The maximum absolute atomic E-state index is 10.00. The van der Waals surface area contributed by atoms with Crippen LogP contribution in [-0.2, 0) is 5.41 Å². The van der Waals surface area contributed by atoms with E-state index >= 15 is 0 Å². The van der Waals surface area contributed by atoms with Gasteiger partial charge >= 0.3 is 0 Å². The lowest BCUT2D eigenvalue weighted by atomic mass is 9.85. The zero-order valence-corrected chi connectivity index (χ0v) is 10.8. The lowest BCUT2D eigenvalue weighted by Gasteiger charge is -2.23. The fourth-order valence-electron chi connectivity index (χ4n) is 1.75. The summed E-state index contributed by atoms with van der Waals surface area (Å²) >= 11 is 0. The van der Waals surface area contributed by atoms with Crippen LogP contribution in [0.15, 0.2) is 12.1 Å². The molecule has 0 radical (unpaired) electrons. The molecular weight excluding hydrogens is 218 g/mol. The van der Waals surface area contributed by atoms with Crippen molar-refractivity contribution in [2.24, 2.45) is 5.73 Å². The minimum atomic E-state index is -0.551. The molecule has 0 aromatic heterocycles. The summed E-state index contributed by atoms with van der Waals surface area (Å²) in [7, 11) is 1.55. The van der Waals surface area contributed by atoms with Crippen molar-refractivity contribution in [3.05, 3.63) is 23.3 Å². The molecule has 1 unspecified atom stereocenters. The fourth-order valence-corrected chi connectivity index (χ4v) is 1.75. The average molecular weight is 239 g/mol. The van der Waals surface area contributed by atoms with E-state index in [1.54, 1.807) is 19.2 Å². The average Bonchev–Trinajstić information content (AvgIpc) is 2.26. The van der Waals surface area contributed by atoms with Crippen molar-refractivity contribution in [1.82, 2.24) is 0 Å². The summed E-state index contributed by atoms with van der Waals surface area (Å²) < 4.78 is 5.26. The number of phenols is 1. The van der Waals surface area contributed by atoms with Gasteiger partial charge in [0.05, 0.1) is 19.8 Å². The lowest BCUT2D eigenvalue weighted by molar-refractivity contribution is 0.264. The number of methoxy groups -OCH3 is 1. The summed E-state index contributed by atoms with van der Waals surface area (Å²) in [5, 5.41) is 19.1. The molecule has 0 amide bonds. The smallest absolute Gasteiger partial charge is 0.124 e. The Morgan fingerprint density at radius 1 is 1.35 bits per heavy atom. The van der Waals surface area contributed by atoms with Gasteiger partial charge in [0.2, 0.25) is 0 Å². The van der Waals surface area contributed by atoms with Gasteiger partial charge in [-0.25, -0.2) is 0 Å². The van der Waals surface area contributed by atoms with Crippen LogP contribution in [0, 0.1) is 0 Å². The second-order valence-corrected chi connectivity index (χ2v) is 5.15. The summed E-state index contributed by atoms with van der Waals surface area (Å²) in [6.07, 6.45) is 0. The first kappa shape index (κ1) is 13.8. The van der Waals surface area contributed by atoms with Crippen molar-refractivity contribution in [2.75, 3.05) is 13.7 Å². The molecule has 0 saturated heterocycles. The Morgan fingerprint density at radius 3 is 2.35 bits per heavy atom. The highest BCUT2D eigenvalue weighted by Gasteiger charge is 2.22. The Balaban J connectivity index is 3.35. The molecule has 4 heteroatoms. The number of hydrogen-bond acceptors (Lipinski definition) is 4. The number of ether oxygens (including phenoxy) is 1. The minimum absolute atomic E-state index is 0.178. The maximum Gasteiger partial charge on any atom is 0.124 e. The van der Waals surface area contributed by atoms with Crippen molar-refractivity contribution < 1.29 is 14.9 Å². The van der Waals surface area contributed by atoms with Crippen molar-refractivity contribution >= 4 is 0 Å². The van der Waals surface area contributed by atoms with Crippen LogP contribution in [0.1, 0.15) is 37.9 Å². The first-order valence-corrected chi connectivity index (χ1v) is 5.59. The van der Waals surface area contributed by atoms with Gasteiger partial charge in [0, 0.05) is 11.1 Å². The third-order valence-corrected chi connectivity index (χ3v) is 2.75. The van der Waals surface area contributed by atoms with Gasteiger partial charge in [0.15, 0.2) is 0 Å². The van der Waals surface area contributed by atoms with Crippen LogP contribution < -0.4 is 10.5 Å². The molecule has 0 fully saturated rings. The van der Waals surface area contributed by atoms with Crippen LogP contribution in [0.25, 0.3) is 0 Å². The number of phenolic OH excluding ortho intramolecular Hbond substituents is 1. The molecule has 1 aromatic rings. The van der Waals surface area contributed by atoms with Crippen LogP contribution in [0.2, 0.25) is 0 Å². The summed E-state index contributed by atoms with van der Waals surface area (Å²) in [4.78, 5) is 0. The van der Waals surface area contributed by atoms with E-state index in [1.165, 1.54) is 0 Å². The molecule has 0 bridgehead atoms. The molecule has 0 heterocycles. The molecule has 1 rings (SSSR count). The number of aliphatic hydroxyl groups excluding tert-OH is 1. The SMILES string of the molecule is COc1cc(C(C)(C)C)c(O)cc1C(N)CO. The quantitative estimate of drug-likeness (QED) is 0.750. The number of benzene rings is 1. The van der Waals surface area contributed by atoms with Crippen molar-refractivity contribution in [3.8, 4) is 11.5 Å². The molecule has 1 atom stereocenters. The summed E-state index contributed by atoms with van der Waals surface area (Å²) in [6.45, 7) is 5.83. The molecular formula is C13H21NO3. The van der Waals surface area contributed by atoms with Crippen LogP contribution in [0.4, 0.5) is 0 Å². The monoisotopic (exact) mass is 239 g/mol. The van der Waals surface area contributed by atoms with E-state index in [1.807, 2.05) is 20.8 Å². The fraction of sp³-hybridized carbons (Fsp3) is 0.538. The largest absolute Gasteiger partial charge is 0.508 e. The Morgan fingerprint density at radius 2 is 1.94 bits per heavy atom. The van der Waals surface area contributed by atoms with E-state index in [4.69, 9.17) is 15.6 Å². The van der Waals surface area contributed by atoms with Gasteiger partial charge < -0.3 is 20.7 Å². The van der Waals surface area contributed by atoms with Gasteiger partial charge in [-0.15, -0.1) is 0 Å². The number of hydrogen-bond donors (Lipinski definition) is 3. The molecule has 0 spiro atoms. The van der Waals surface area contributed by atoms with Gasteiger partial charge in [0.25, 0.3) is 0 Å². The van der Waals surface area contributed by atoms with Crippen molar-refractivity contribution in [3.63, 3.8) is 0 Å². The molecule has 96 valence electrons. The Kier molecular flexibility index (Phi) is 4.01. The summed E-state index contributed by atoms with van der Waals surface area (Å²) in [6, 6.07) is 2.80. The van der Waals surface area contributed by atoms with Gasteiger partial charge in [-0.3, -0.25) is 0 Å². The highest BCUT2D eigenvalue weighted by molar-refractivity contribution is 5.49. The summed E-state index contributed by atoms with van der Waals surface area (Å²) in [5.74, 6) is 0.770. The third-order valence-electron chi connectivity index (χ3n) is 2.75. The van der Waals surface area contributed by atoms with E-state index in [9.17, 15) is 5.11 Å². The lowest BCUT2D eigenvalue weighted by Crippen LogP contribution is -2.17. The van der Waals surface area contributed by atoms with Gasteiger partial charge in [-0.2, -0.15) is 0 Å². The first-order chi connectivity index (χ1) is 7.81. The normalized spacial score (nSPS) is 13.5. The van der Waals surface area contributed by atoms with Crippen molar-refractivity contribution in [2.45, 2.75) is 32.2 Å². The highest BCUT2D eigenvalue weighted by Crippen LogP contribution is 2.37. The predicted molar refractivity (Wildman–Crippen MR) is 67.4 cm³/mol. The van der Waals surface area contributed by atoms with E-state index < -0.39 is 6.04 Å². The Hall–Kier alpha value is -1.26. The van der Waals surface area contributed by atoms with Gasteiger partial charge in [-0.1, -0.05) is 20.8 Å². The van der Waals surface area contributed by atoms with Crippen LogP contribution >= 0.6 is 0 Å². The Bertz CT molecular complexity index is 396. The molecule has 4 nitrogen and oxygen atoms in total. The van der Waals surface area contributed by atoms with E-state index in [0.717, 1.165) is 5.56 Å². The number of aromatic hydroxyl groups is 1. The third kappa shape index (κ3) is 2.90. The van der Waals surface area contributed by atoms with E-state index in [2.05, 4.69) is 0 Å². The predicted octanol–water partition coefficient (Wildman–Crippen LogP) is 1.69. The van der Waals surface area contributed by atoms with Crippen molar-refractivity contribution in [1.29, 1.82) is 0 Å². The highest BCUT2D eigenvalue weighted by atomic mass is 16.5.